The van der Waals surface area contributed by atoms with Gasteiger partial charge >= 0.3 is 0 Å². The van der Waals surface area contributed by atoms with Crippen molar-refractivity contribution < 1.29 is 4.74 Å². The molecule has 10 heavy (non-hydrogen) atoms. The van der Waals surface area contributed by atoms with Gasteiger partial charge in [0, 0.05) is 0 Å². The summed E-state index contributed by atoms with van der Waals surface area (Å²) in [4.78, 5) is 0. The van der Waals surface area contributed by atoms with E-state index in [1.54, 1.807) is 0 Å². The van der Waals surface area contributed by atoms with Crippen LogP contribution in [0.25, 0.3) is 0 Å². The van der Waals surface area contributed by atoms with E-state index in [4.69, 9.17) is 4.74 Å². The largest absolute Gasteiger partial charge is 0.353 e. The lowest BCUT2D eigenvalue weighted by atomic mass is 10.2. The number of ether oxygens (including phenoxy) is 1. The molecule has 1 heterocycles. The molecule has 60 valence electrons. The second-order valence-electron chi connectivity index (χ2n) is 3.31. The molecule has 0 amide bonds. The van der Waals surface area contributed by atoms with Crippen molar-refractivity contribution in [1.29, 1.82) is 0 Å². The zero-order valence-corrected chi connectivity index (χ0v) is 7.05. The second-order valence-corrected chi connectivity index (χ2v) is 3.31. The fraction of sp³-hybridized carbons (Fsp3) is 1.00. The van der Waals surface area contributed by atoms with Crippen LogP contribution in [0.1, 0.15) is 27.2 Å². The minimum Gasteiger partial charge on any atom is -0.353 e. The standard InChI is InChI=1S/C8H17NO/c1-4-7-8(10-7)9-5-6(2)3/h6-9H,4-5H2,1-3H3. The highest BCUT2D eigenvalue weighted by Crippen LogP contribution is 2.21. The lowest BCUT2D eigenvalue weighted by molar-refractivity contribution is 0.335. The molecule has 1 aliphatic rings. The average molecular weight is 143 g/mol. The summed E-state index contributed by atoms with van der Waals surface area (Å²) in [5.74, 6) is 0.724. The molecule has 0 spiro atoms. The molecular weight excluding hydrogens is 126 g/mol. The Hall–Kier alpha value is -0.0800. The third kappa shape index (κ3) is 2.27. The molecule has 0 radical (unpaired) electrons. The fourth-order valence-electron chi connectivity index (χ4n) is 0.985. The second kappa shape index (κ2) is 3.35. The van der Waals surface area contributed by atoms with Crippen molar-refractivity contribution in [3.8, 4) is 0 Å². The van der Waals surface area contributed by atoms with Gasteiger partial charge < -0.3 is 4.74 Å². The molecule has 2 atom stereocenters. The molecule has 1 N–H and O–H groups in total. The van der Waals surface area contributed by atoms with E-state index < -0.39 is 0 Å². The Labute approximate surface area is 63.0 Å². The molecule has 2 heteroatoms. The van der Waals surface area contributed by atoms with E-state index in [0.717, 1.165) is 18.9 Å². The molecule has 0 aliphatic carbocycles. The number of rotatable bonds is 4. The van der Waals surface area contributed by atoms with Crippen LogP contribution >= 0.6 is 0 Å². The van der Waals surface area contributed by atoms with Gasteiger partial charge in [0.15, 0.2) is 0 Å². The Morgan fingerprint density at radius 2 is 2.20 bits per heavy atom. The monoisotopic (exact) mass is 143 g/mol. The van der Waals surface area contributed by atoms with Crippen LogP contribution in [0, 0.1) is 5.92 Å². The molecule has 1 fully saturated rings. The van der Waals surface area contributed by atoms with Gasteiger partial charge in [-0.05, 0) is 18.9 Å². The summed E-state index contributed by atoms with van der Waals surface area (Å²) in [6, 6.07) is 0. The van der Waals surface area contributed by atoms with Crippen LogP contribution in [0.4, 0.5) is 0 Å². The van der Waals surface area contributed by atoms with E-state index in [1.807, 2.05) is 0 Å². The summed E-state index contributed by atoms with van der Waals surface area (Å²) < 4.78 is 5.31. The van der Waals surface area contributed by atoms with Crippen LogP contribution in [0.2, 0.25) is 0 Å². The molecule has 1 saturated heterocycles. The minimum atomic E-state index is 0.368. The van der Waals surface area contributed by atoms with E-state index in [9.17, 15) is 0 Å². The molecular formula is C8H17NO. The molecule has 0 aromatic heterocycles. The smallest absolute Gasteiger partial charge is 0.135 e. The molecule has 1 rings (SSSR count). The summed E-state index contributed by atoms with van der Waals surface area (Å²) in [6.07, 6.45) is 2.00. The lowest BCUT2D eigenvalue weighted by Crippen LogP contribution is -2.24. The number of nitrogens with one attached hydrogen (secondary N) is 1. The highest BCUT2D eigenvalue weighted by molar-refractivity contribution is 4.80. The lowest BCUT2D eigenvalue weighted by Gasteiger charge is -2.02. The predicted octanol–water partition coefficient (Wildman–Crippen LogP) is 1.37. The van der Waals surface area contributed by atoms with Crippen molar-refractivity contribution in [1.82, 2.24) is 5.32 Å². The fourth-order valence-corrected chi connectivity index (χ4v) is 0.985. The summed E-state index contributed by atoms with van der Waals surface area (Å²) in [5, 5.41) is 3.33. The minimum absolute atomic E-state index is 0.368. The van der Waals surface area contributed by atoms with Crippen LogP contribution in [-0.2, 0) is 4.74 Å². The first-order valence-electron chi connectivity index (χ1n) is 4.13. The normalized spacial score (nSPS) is 31.2. The van der Waals surface area contributed by atoms with Gasteiger partial charge in [0.25, 0.3) is 0 Å². The SMILES string of the molecule is CCC1OC1NCC(C)C. The number of hydrogen-bond donors (Lipinski definition) is 1. The average Bonchev–Trinajstić information content (AvgIpc) is 2.61. The third-order valence-corrected chi connectivity index (χ3v) is 1.71. The van der Waals surface area contributed by atoms with Gasteiger partial charge in [-0.2, -0.15) is 0 Å². The van der Waals surface area contributed by atoms with Crippen LogP contribution in [0.15, 0.2) is 0 Å². The van der Waals surface area contributed by atoms with E-state index in [1.165, 1.54) is 0 Å². The maximum atomic E-state index is 5.31. The molecule has 2 unspecified atom stereocenters. The van der Waals surface area contributed by atoms with Gasteiger partial charge in [-0.1, -0.05) is 20.8 Å². The predicted molar refractivity (Wildman–Crippen MR) is 41.8 cm³/mol. The molecule has 2 nitrogen and oxygen atoms in total. The van der Waals surface area contributed by atoms with Gasteiger partial charge in [-0.3, -0.25) is 5.32 Å². The Bertz CT molecular complexity index is 103. The highest BCUT2D eigenvalue weighted by atomic mass is 16.6. The van der Waals surface area contributed by atoms with Gasteiger partial charge in [-0.25, -0.2) is 0 Å². The van der Waals surface area contributed by atoms with E-state index in [2.05, 4.69) is 26.1 Å². The van der Waals surface area contributed by atoms with E-state index in [-0.39, 0.29) is 0 Å². The van der Waals surface area contributed by atoms with E-state index >= 15 is 0 Å². The van der Waals surface area contributed by atoms with Gasteiger partial charge in [0.2, 0.25) is 0 Å². The zero-order chi connectivity index (χ0) is 7.56. The summed E-state index contributed by atoms with van der Waals surface area (Å²) in [6.45, 7) is 7.63. The third-order valence-electron chi connectivity index (χ3n) is 1.71. The highest BCUT2D eigenvalue weighted by Gasteiger charge is 2.36. The topological polar surface area (TPSA) is 24.6 Å². The summed E-state index contributed by atoms with van der Waals surface area (Å²) >= 11 is 0. The Morgan fingerprint density at radius 1 is 1.50 bits per heavy atom. The van der Waals surface area contributed by atoms with Crippen molar-refractivity contribution in [2.24, 2.45) is 5.92 Å². The van der Waals surface area contributed by atoms with Crippen molar-refractivity contribution in [2.75, 3.05) is 6.54 Å². The summed E-state index contributed by atoms with van der Waals surface area (Å²) in [7, 11) is 0. The van der Waals surface area contributed by atoms with Crippen molar-refractivity contribution in [2.45, 2.75) is 39.5 Å². The van der Waals surface area contributed by atoms with Crippen LogP contribution in [-0.4, -0.2) is 18.9 Å². The first-order valence-corrected chi connectivity index (χ1v) is 4.13. The molecule has 1 aliphatic heterocycles. The Kier molecular flexibility index (Phi) is 2.69. The van der Waals surface area contributed by atoms with Gasteiger partial charge in [-0.15, -0.1) is 0 Å². The van der Waals surface area contributed by atoms with Gasteiger partial charge in [0.05, 0.1) is 6.10 Å². The van der Waals surface area contributed by atoms with Crippen molar-refractivity contribution in [3.63, 3.8) is 0 Å². The molecule has 0 aromatic carbocycles. The van der Waals surface area contributed by atoms with Crippen LogP contribution in [0.5, 0.6) is 0 Å². The van der Waals surface area contributed by atoms with Crippen LogP contribution < -0.4 is 5.32 Å². The number of epoxide rings is 1. The van der Waals surface area contributed by atoms with Gasteiger partial charge in [0.1, 0.15) is 6.23 Å². The van der Waals surface area contributed by atoms with Crippen LogP contribution in [0.3, 0.4) is 0 Å². The maximum absolute atomic E-state index is 5.31. The Balaban J connectivity index is 1.96. The van der Waals surface area contributed by atoms with Crippen molar-refractivity contribution in [3.05, 3.63) is 0 Å². The first-order chi connectivity index (χ1) is 4.74. The molecule has 0 aromatic rings. The zero-order valence-electron chi connectivity index (χ0n) is 7.05. The number of hydrogen-bond acceptors (Lipinski definition) is 2. The summed E-state index contributed by atoms with van der Waals surface area (Å²) in [5.41, 5.74) is 0. The maximum Gasteiger partial charge on any atom is 0.135 e. The van der Waals surface area contributed by atoms with E-state index in [0.29, 0.717) is 12.3 Å². The Morgan fingerprint density at radius 3 is 2.60 bits per heavy atom. The molecule has 0 bridgehead atoms. The quantitative estimate of drug-likeness (QED) is 0.601. The molecule has 0 saturated carbocycles. The van der Waals surface area contributed by atoms with Crippen molar-refractivity contribution >= 4 is 0 Å². The first kappa shape index (κ1) is 8.02.